The van der Waals surface area contributed by atoms with E-state index in [1.807, 2.05) is 11.0 Å². The number of carboxylic acid groups (broad SMARTS) is 1. The lowest BCUT2D eigenvalue weighted by molar-refractivity contribution is -0.143. The van der Waals surface area contributed by atoms with Crippen LogP contribution < -0.4 is 0 Å². The first kappa shape index (κ1) is 22.6. The van der Waals surface area contributed by atoms with E-state index in [9.17, 15) is 23.1 Å². The van der Waals surface area contributed by atoms with Gasteiger partial charge >= 0.3 is 12.1 Å². The summed E-state index contributed by atoms with van der Waals surface area (Å²) < 4.78 is 46.0. The van der Waals surface area contributed by atoms with E-state index in [0.717, 1.165) is 24.6 Å². The van der Waals surface area contributed by atoms with E-state index < -0.39 is 29.7 Å². The fraction of sp³-hybridized carbons (Fsp3) is 0.409. The Labute approximate surface area is 178 Å². The van der Waals surface area contributed by atoms with Crippen LogP contribution in [-0.4, -0.2) is 42.2 Å². The first-order valence-corrected chi connectivity index (χ1v) is 10.1. The van der Waals surface area contributed by atoms with Gasteiger partial charge in [-0.2, -0.15) is 13.2 Å². The van der Waals surface area contributed by atoms with E-state index in [4.69, 9.17) is 16.3 Å². The number of piperidine rings is 1. The number of halogens is 4. The topological polar surface area (TPSA) is 49.8 Å². The molecule has 30 heavy (non-hydrogen) atoms. The van der Waals surface area contributed by atoms with Gasteiger partial charge in [0.1, 0.15) is 6.10 Å². The fourth-order valence-corrected chi connectivity index (χ4v) is 3.92. The largest absolute Gasteiger partial charge is 0.481 e. The number of nitrogens with zero attached hydrogens (tertiary/aromatic N) is 1. The Balaban J connectivity index is 1.75. The molecule has 2 aromatic rings. The highest BCUT2D eigenvalue weighted by Crippen LogP contribution is 2.37. The molecule has 1 aliphatic rings. The predicted molar refractivity (Wildman–Crippen MR) is 107 cm³/mol. The van der Waals surface area contributed by atoms with Crippen LogP contribution in [0.5, 0.6) is 0 Å². The number of likely N-dealkylation sites (tertiary alicyclic amines) is 1. The minimum Gasteiger partial charge on any atom is -0.481 e. The van der Waals surface area contributed by atoms with E-state index in [1.165, 1.54) is 12.1 Å². The number of carbonyl (C=O) groups is 1. The van der Waals surface area contributed by atoms with E-state index in [1.54, 1.807) is 24.3 Å². The number of ether oxygens (including phenoxy) is 1. The van der Waals surface area contributed by atoms with Crippen molar-refractivity contribution in [1.82, 2.24) is 4.90 Å². The lowest BCUT2D eigenvalue weighted by atomic mass is 9.98. The van der Waals surface area contributed by atoms with Crippen LogP contribution in [0.3, 0.4) is 0 Å². The third kappa shape index (κ3) is 5.74. The molecule has 3 rings (SSSR count). The zero-order chi connectivity index (χ0) is 21.7. The number of hydrogen-bond donors (Lipinski definition) is 1. The SMILES string of the molecule is O=C(O)[C@H]1CCCN(CCO[C@H](c2ccccc2)c2ccc(Cl)c(C(F)(F)F)c2)C1. The molecule has 0 amide bonds. The normalized spacial score (nSPS) is 18.9. The van der Waals surface area contributed by atoms with Crippen molar-refractivity contribution in [3.8, 4) is 0 Å². The molecule has 2 atom stereocenters. The van der Waals surface area contributed by atoms with Crippen LogP contribution in [0.4, 0.5) is 13.2 Å². The van der Waals surface area contributed by atoms with Gasteiger partial charge in [-0.3, -0.25) is 4.79 Å². The predicted octanol–water partition coefficient (Wildman–Crippen LogP) is 5.26. The first-order chi connectivity index (χ1) is 14.3. The minimum atomic E-state index is -4.56. The summed E-state index contributed by atoms with van der Waals surface area (Å²) in [6, 6.07) is 12.8. The Bertz CT molecular complexity index is 860. The highest BCUT2D eigenvalue weighted by molar-refractivity contribution is 6.31. The molecule has 162 valence electrons. The van der Waals surface area contributed by atoms with E-state index in [-0.39, 0.29) is 11.6 Å². The minimum absolute atomic E-state index is 0.260. The second kappa shape index (κ2) is 9.81. The third-order valence-corrected chi connectivity index (χ3v) is 5.58. The summed E-state index contributed by atoms with van der Waals surface area (Å²) in [6.07, 6.45) is -3.80. The van der Waals surface area contributed by atoms with Gasteiger partial charge in [0.2, 0.25) is 0 Å². The monoisotopic (exact) mass is 441 g/mol. The van der Waals surface area contributed by atoms with Gasteiger partial charge in [0.05, 0.1) is 23.1 Å². The molecule has 0 saturated carbocycles. The van der Waals surface area contributed by atoms with Crippen molar-refractivity contribution in [2.45, 2.75) is 25.1 Å². The van der Waals surface area contributed by atoms with E-state index in [2.05, 4.69) is 0 Å². The molecule has 1 N–H and O–H groups in total. The molecule has 0 aliphatic carbocycles. The lowest BCUT2D eigenvalue weighted by Gasteiger charge is -2.31. The van der Waals surface area contributed by atoms with Crippen molar-refractivity contribution >= 4 is 17.6 Å². The van der Waals surface area contributed by atoms with Crippen LogP contribution >= 0.6 is 11.6 Å². The highest BCUT2D eigenvalue weighted by Gasteiger charge is 2.34. The Hall–Kier alpha value is -2.09. The van der Waals surface area contributed by atoms with E-state index >= 15 is 0 Å². The Kier molecular flexibility index (Phi) is 7.39. The Morgan fingerprint density at radius 2 is 1.93 bits per heavy atom. The quantitative estimate of drug-likeness (QED) is 0.636. The van der Waals surface area contributed by atoms with Crippen LogP contribution in [0.25, 0.3) is 0 Å². The van der Waals surface area contributed by atoms with Gasteiger partial charge in [-0.15, -0.1) is 0 Å². The molecule has 0 radical (unpaired) electrons. The zero-order valence-electron chi connectivity index (χ0n) is 16.2. The van der Waals surface area contributed by atoms with Crippen molar-refractivity contribution < 1.29 is 27.8 Å². The molecule has 0 spiro atoms. The average molecular weight is 442 g/mol. The van der Waals surface area contributed by atoms with Gasteiger partial charge in [0, 0.05) is 13.1 Å². The molecule has 0 bridgehead atoms. The molecule has 0 aromatic heterocycles. The Morgan fingerprint density at radius 1 is 1.20 bits per heavy atom. The molecule has 8 heteroatoms. The molecule has 1 heterocycles. The maximum absolute atomic E-state index is 13.3. The second-order valence-corrected chi connectivity index (χ2v) is 7.78. The number of rotatable bonds is 7. The summed E-state index contributed by atoms with van der Waals surface area (Å²) in [5.74, 6) is -1.20. The molecule has 2 aromatic carbocycles. The summed E-state index contributed by atoms with van der Waals surface area (Å²) in [5.41, 5.74) is 0.196. The van der Waals surface area contributed by atoms with Crippen molar-refractivity contribution in [2.75, 3.05) is 26.2 Å². The first-order valence-electron chi connectivity index (χ1n) is 9.74. The Morgan fingerprint density at radius 3 is 2.60 bits per heavy atom. The standard InChI is InChI=1S/C22H23ClF3NO3/c23-19-9-8-16(13-18(19)22(24,25)26)20(15-5-2-1-3-6-15)30-12-11-27-10-4-7-17(14-27)21(28)29/h1-3,5-6,8-9,13,17,20H,4,7,10-12,14H2,(H,28,29)/t17-,20+/m0/s1. The molecule has 4 nitrogen and oxygen atoms in total. The van der Waals surface area contributed by atoms with Gasteiger partial charge in [-0.1, -0.05) is 48.0 Å². The van der Waals surface area contributed by atoms with Gasteiger partial charge in [0.25, 0.3) is 0 Å². The summed E-state index contributed by atoms with van der Waals surface area (Å²) in [7, 11) is 0. The molecule has 1 fully saturated rings. The van der Waals surface area contributed by atoms with Crippen LogP contribution in [0.2, 0.25) is 5.02 Å². The zero-order valence-corrected chi connectivity index (χ0v) is 17.0. The average Bonchev–Trinajstić information content (AvgIpc) is 2.72. The van der Waals surface area contributed by atoms with Crippen LogP contribution in [0.15, 0.2) is 48.5 Å². The highest BCUT2D eigenvalue weighted by atomic mass is 35.5. The summed E-state index contributed by atoms with van der Waals surface area (Å²) >= 11 is 5.76. The van der Waals surface area contributed by atoms with Crippen molar-refractivity contribution in [3.05, 3.63) is 70.2 Å². The third-order valence-electron chi connectivity index (χ3n) is 5.25. The number of benzene rings is 2. The van der Waals surface area contributed by atoms with Crippen LogP contribution in [0, 0.1) is 5.92 Å². The van der Waals surface area contributed by atoms with Crippen molar-refractivity contribution in [1.29, 1.82) is 0 Å². The van der Waals surface area contributed by atoms with Gasteiger partial charge in [-0.05, 0) is 42.6 Å². The maximum Gasteiger partial charge on any atom is 0.417 e. The maximum atomic E-state index is 13.3. The van der Waals surface area contributed by atoms with E-state index in [0.29, 0.717) is 25.1 Å². The molecular weight excluding hydrogens is 419 g/mol. The summed E-state index contributed by atoms with van der Waals surface area (Å²) in [5, 5.41) is 8.87. The molecular formula is C22H23ClF3NO3. The second-order valence-electron chi connectivity index (χ2n) is 7.38. The van der Waals surface area contributed by atoms with Crippen LogP contribution in [0.1, 0.15) is 35.6 Å². The smallest absolute Gasteiger partial charge is 0.417 e. The lowest BCUT2D eigenvalue weighted by Crippen LogP contribution is -2.40. The molecule has 1 saturated heterocycles. The molecule has 0 unspecified atom stereocenters. The molecule has 1 aliphatic heterocycles. The summed E-state index contributed by atoms with van der Waals surface area (Å²) in [4.78, 5) is 13.3. The van der Waals surface area contributed by atoms with Crippen molar-refractivity contribution in [2.24, 2.45) is 5.92 Å². The van der Waals surface area contributed by atoms with Gasteiger partial charge in [-0.25, -0.2) is 0 Å². The number of hydrogen-bond acceptors (Lipinski definition) is 3. The van der Waals surface area contributed by atoms with Crippen molar-refractivity contribution in [3.63, 3.8) is 0 Å². The van der Waals surface area contributed by atoms with Gasteiger partial charge < -0.3 is 14.7 Å². The number of aliphatic carboxylic acids is 1. The summed E-state index contributed by atoms with van der Waals surface area (Å²) in [6.45, 7) is 2.00. The number of carboxylic acids is 1. The number of alkyl halides is 3. The fourth-order valence-electron chi connectivity index (χ4n) is 3.70. The van der Waals surface area contributed by atoms with Crippen LogP contribution in [-0.2, 0) is 15.7 Å². The van der Waals surface area contributed by atoms with Gasteiger partial charge in [0.15, 0.2) is 0 Å².